The zero-order valence-corrected chi connectivity index (χ0v) is 10.1. The minimum absolute atomic E-state index is 0.299. The lowest BCUT2D eigenvalue weighted by atomic mass is 10.0. The summed E-state index contributed by atoms with van der Waals surface area (Å²) in [5, 5.41) is 1.02. The third-order valence-electron chi connectivity index (χ3n) is 2.87. The van der Waals surface area contributed by atoms with Gasteiger partial charge in [-0.05, 0) is 18.9 Å². The maximum absolute atomic E-state index is 6.10. The first kappa shape index (κ1) is 12.1. The van der Waals surface area contributed by atoms with E-state index in [1.807, 2.05) is 0 Å². The topological polar surface area (TPSA) is 9.23 Å². The van der Waals surface area contributed by atoms with Gasteiger partial charge in [0, 0.05) is 11.5 Å². The highest BCUT2D eigenvalue weighted by molar-refractivity contribution is 6.30. The number of rotatable bonds is 5. The van der Waals surface area contributed by atoms with Gasteiger partial charge in [-0.3, -0.25) is 0 Å². The Morgan fingerprint density at radius 3 is 2.86 bits per heavy atom. The van der Waals surface area contributed by atoms with Crippen LogP contribution in [0.1, 0.15) is 52.4 Å². The van der Waals surface area contributed by atoms with Crippen LogP contribution < -0.4 is 0 Å². The Balaban J connectivity index is 2.26. The zero-order valence-electron chi connectivity index (χ0n) is 9.31. The van der Waals surface area contributed by atoms with Crippen molar-refractivity contribution in [2.45, 2.75) is 58.5 Å². The number of hydrogen-bond acceptors (Lipinski definition) is 1. The van der Waals surface area contributed by atoms with Gasteiger partial charge in [0.1, 0.15) is 0 Å². The number of hydrogen-bond donors (Lipinski definition) is 0. The highest BCUT2D eigenvalue weighted by Gasteiger charge is 2.18. The third-order valence-corrected chi connectivity index (χ3v) is 3.36. The summed E-state index contributed by atoms with van der Waals surface area (Å²) >= 11 is 6.10. The van der Waals surface area contributed by atoms with Crippen LogP contribution in [-0.4, -0.2) is 12.7 Å². The maximum Gasteiger partial charge on any atom is 0.0796 e. The predicted octanol–water partition coefficient (Wildman–Crippen LogP) is 4.26. The lowest BCUT2D eigenvalue weighted by molar-refractivity contribution is 0.0622. The van der Waals surface area contributed by atoms with Gasteiger partial charge in [-0.25, -0.2) is 0 Å². The largest absolute Gasteiger partial charge is 0.373 e. The Morgan fingerprint density at radius 2 is 2.14 bits per heavy atom. The molecule has 0 aromatic rings. The molecule has 1 aliphatic rings. The zero-order chi connectivity index (χ0) is 10.4. The molecular formula is C12H21ClO. The van der Waals surface area contributed by atoms with Crippen LogP contribution in [-0.2, 0) is 4.74 Å². The summed E-state index contributed by atoms with van der Waals surface area (Å²) in [4.78, 5) is 0. The van der Waals surface area contributed by atoms with E-state index >= 15 is 0 Å². The van der Waals surface area contributed by atoms with Crippen LogP contribution in [0.4, 0.5) is 0 Å². The molecular weight excluding hydrogens is 196 g/mol. The summed E-state index contributed by atoms with van der Waals surface area (Å²) in [6.45, 7) is 5.14. The number of ether oxygens (including phenoxy) is 1. The molecule has 0 saturated carbocycles. The molecule has 2 heteroatoms. The van der Waals surface area contributed by atoms with Crippen molar-refractivity contribution in [3.8, 4) is 0 Å². The Hall–Kier alpha value is -0.0100. The van der Waals surface area contributed by atoms with Gasteiger partial charge < -0.3 is 4.74 Å². The van der Waals surface area contributed by atoms with Gasteiger partial charge in [0.2, 0.25) is 0 Å². The first-order valence-electron chi connectivity index (χ1n) is 5.72. The Kier molecular flexibility index (Phi) is 5.57. The van der Waals surface area contributed by atoms with Crippen LogP contribution in [0.15, 0.2) is 10.6 Å². The first-order valence-corrected chi connectivity index (χ1v) is 6.10. The fraction of sp³-hybridized carbons (Fsp3) is 0.833. The van der Waals surface area contributed by atoms with E-state index in [4.69, 9.17) is 16.3 Å². The molecule has 1 atom stereocenters. The molecule has 0 N–H and O–H groups in total. The molecule has 0 radical (unpaired) electrons. The molecule has 1 nitrogen and oxygen atoms in total. The highest BCUT2D eigenvalue weighted by Crippen LogP contribution is 2.26. The van der Waals surface area contributed by atoms with Crippen molar-refractivity contribution in [2.75, 3.05) is 6.61 Å². The predicted molar refractivity (Wildman–Crippen MR) is 61.7 cm³/mol. The van der Waals surface area contributed by atoms with Crippen LogP contribution in [0.25, 0.3) is 0 Å². The normalized spacial score (nSPS) is 22.9. The second kappa shape index (κ2) is 6.47. The second-order valence-electron chi connectivity index (χ2n) is 4.05. The monoisotopic (exact) mass is 216 g/mol. The lowest BCUT2D eigenvalue weighted by Gasteiger charge is -2.24. The van der Waals surface area contributed by atoms with Crippen molar-refractivity contribution >= 4 is 11.6 Å². The van der Waals surface area contributed by atoms with Crippen molar-refractivity contribution in [1.29, 1.82) is 0 Å². The second-order valence-corrected chi connectivity index (χ2v) is 4.50. The van der Waals surface area contributed by atoms with Gasteiger partial charge in [0.05, 0.1) is 12.7 Å². The molecule has 1 aliphatic heterocycles. The molecule has 1 unspecified atom stereocenters. The molecule has 0 amide bonds. The SMILES string of the molecule is CCCCCCC1OCCC(Cl)=C1C. The van der Waals surface area contributed by atoms with Gasteiger partial charge >= 0.3 is 0 Å². The van der Waals surface area contributed by atoms with Crippen molar-refractivity contribution in [2.24, 2.45) is 0 Å². The Bertz CT molecular complexity index is 198. The number of unbranched alkanes of at least 4 members (excludes halogenated alkanes) is 3. The summed E-state index contributed by atoms with van der Waals surface area (Å²) in [6, 6.07) is 0. The minimum atomic E-state index is 0.299. The van der Waals surface area contributed by atoms with Crippen molar-refractivity contribution in [3.05, 3.63) is 10.6 Å². The van der Waals surface area contributed by atoms with Crippen LogP contribution in [0.2, 0.25) is 0 Å². The van der Waals surface area contributed by atoms with Gasteiger partial charge in [0.15, 0.2) is 0 Å². The quantitative estimate of drug-likeness (QED) is 0.624. The summed E-state index contributed by atoms with van der Waals surface area (Å²) in [5.74, 6) is 0. The van der Waals surface area contributed by atoms with E-state index in [2.05, 4.69) is 13.8 Å². The average Bonchev–Trinajstić information content (AvgIpc) is 2.19. The van der Waals surface area contributed by atoms with Crippen LogP contribution in [0.3, 0.4) is 0 Å². The van der Waals surface area contributed by atoms with E-state index < -0.39 is 0 Å². The standard InChI is InChI=1S/C12H21ClO/c1-3-4-5-6-7-12-10(2)11(13)8-9-14-12/h12H,3-9H2,1-2H3. The molecule has 0 aliphatic carbocycles. The van der Waals surface area contributed by atoms with Gasteiger partial charge in [0.25, 0.3) is 0 Å². The van der Waals surface area contributed by atoms with Crippen molar-refractivity contribution in [1.82, 2.24) is 0 Å². The maximum atomic E-state index is 6.10. The Morgan fingerprint density at radius 1 is 1.36 bits per heavy atom. The minimum Gasteiger partial charge on any atom is -0.373 e. The van der Waals surface area contributed by atoms with E-state index in [1.165, 1.54) is 31.3 Å². The van der Waals surface area contributed by atoms with Gasteiger partial charge in [-0.15, -0.1) is 0 Å². The van der Waals surface area contributed by atoms with Crippen LogP contribution in [0, 0.1) is 0 Å². The average molecular weight is 217 g/mol. The van der Waals surface area contributed by atoms with Crippen molar-refractivity contribution < 1.29 is 4.74 Å². The molecule has 0 fully saturated rings. The molecule has 0 aromatic heterocycles. The van der Waals surface area contributed by atoms with Gasteiger partial charge in [-0.1, -0.05) is 44.2 Å². The number of halogens is 1. The molecule has 14 heavy (non-hydrogen) atoms. The summed E-state index contributed by atoms with van der Waals surface area (Å²) in [5.41, 5.74) is 1.26. The third kappa shape index (κ3) is 3.62. The molecule has 0 bridgehead atoms. The fourth-order valence-electron chi connectivity index (χ4n) is 1.84. The van der Waals surface area contributed by atoms with E-state index in [0.29, 0.717) is 6.10 Å². The molecule has 1 rings (SSSR count). The Labute approximate surface area is 92.5 Å². The van der Waals surface area contributed by atoms with E-state index in [1.54, 1.807) is 0 Å². The van der Waals surface area contributed by atoms with E-state index in [0.717, 1.165) is 24.5 Å². The van der Waals surface area contributed by atoms with Crippen LogP contribution >= 0.6 is 11.6 Å². The van der Waals surface area contributed by atoms with E-state index in [-0.39, 0.29) is 0 Å². The lowest BCUT2D eigenvalue weighted by Crippen LogP contribution is -2.20. The molecule has 0 spiro atoms. The fourth-order valence-corrected chi connectivity index (χ4v) is 2.04. The molecule has 82 valence electrons. The summed E-state index contributed by atoms with van der Waals surface area (Å²) < 4.78 is 5.70. The van der Waals surface area contributed by atoms with Gasteiger partial charge in [-0.2, -0.15) is 0 Å². The van der Waals surface area contributed by atoms with E-state index in [9.17, 15) is 0 Å². The molecule has 0 saturated heterocycles. The molecule has 1 heterocycles. The summed E-state index contributed by atoms with van der Waals surface area (Å²) in [7, 11) is 0. The smallest absolute Gasteiger partial charge is 0.0796 e. The molecule has 0 aromatic carbocycles. The van der Waals surface area contributed by atoms with Crippen LogP contribution in [0.5, 0.6) is 0 Å². The first-order chi connectivity index (χ1) is 6.75. The summed E-state index contributed by atoms with van der Waals surface area (Å²) in [6.07, 6.45) is 7.56. The highest BCUT2D eigenvalue weighted by atomic mass is 35.5. The van der Waals surface area contributed by atoms with Crippen molar-refractivity contribution in [3.63, 3.8) is 0 Å².